The minimum Gasteiger partial charge on any atom is -0.387 e. The highest BCUT2D eigenvalue weighted by Crippen LogP contribution is 2.38. The number of nitrogens with two attached hydrogens (primary N) is 1. The zero-order chi connectivity index (χ0) is 15.8. The standard InChI is InChI=1S/C9H14N3O8P/c10-5-1-2-12(9(15)11-5)8-7(14)6(13)4(20-8)3-19-21(16,17)18/h1-2,4,6-8,13-14H,3H2,(H2,10,11,15)(H2,16,17,18)/t4-,6+,7?,8-/m1/s1/i1+1,2+1,3+1,4+1,5+1,6+1,7+1,8+1,9+1. The zero-order valence-electron chi connectivity index (χ0n) is 10.5. The lowest BCUT2D eigenvalue weighted by Crippen LogP contribution is -2.36. The lowest BCUT2D eigenvalue weighted by molar-refractivity contribution is -0.0542. The molecular weight excluding hydrogens is 318 g/mol. The zero-order valence-corrected chi connectivity index (χ0v) is 11.4. The van der Waals surface area contributed by atoms with Gasteiger partial charge in [0.25, 0.3) is 0 Å². The predicted octanol–water partition coefficient (Wildman–Crippen LogP) is -2.45. The first kappa shape index (κ1) is 16.0. The lowest BCUT2D eigenvalue weighted by Gasteiger charge is -2.16. The first-order valence-corrected chi connectivity index (χ1v) is 7.28. The predicted molar refractivity (Wildman–Crippen MR) is 66.8 cm³/mol. The Kier molecular flexibility index (Phi) is 4.44. The van der Waals surface area contributed by atoms with Gasteiger partial charge in [0.1, 0.15) is 24.1 Å². The molecule has 0 aliphatic carbocycles. The SMILES string of the molecule is N[13c]1[13cH][13cH]n([13C@@H]2O[13C@H]([13CH2]OP(=O)(O)O)[13C@H](O)[13CH]2O)[13c](=O)n1. The van der Waals surface area contributed by atoms with E-state index in [-0.39, 0.29) is 5.82 Å². The molecule has 1 aliphatic rings. The summed E-state index contributed by atoms with van der Waals surface area (Å²) in [6.45, 7) is -0.657. The molecule has 1 aromatic heterocycles. The van der Waals surface area contributed by atoms with Gasteiger partial charge >= 0.3 is 13.5 Å². The molecule has 0 aromatic carbocycles. The van der Waals surface area contributed by atoms with Crippen molar-refractivity contribution < 1.29 is 33.8 Å². The molecule has 2 rings (SSSR count). The largest absolute Gasteiger partial charge is 0.469 e. The minimum absolute atomic E-state index is 0.0225. The second-order valence-electron chi connectivity index (χ2n) is 4.37. The number of hydrogen-bond acceptors (Lipinski definition) is 8. The third kappa shape index (κ3) is 3.66. The van der Waals surface area contributed by atoms with Gasteiger partial charge in [0.2, 0.25) is 0 Å². The number of aromatic nitrogens is 2. The van der Waals surface area contributed by atoms with Crippen molar-refractivity contribution >= 4 is 13.6 Å². The number of phosphoric ester groups is 1. The molecule has 2 heterocycles. The van der Waals surface area contributed by atoms with Crippen LogP contribution in [0.4, 0.5) is 5.82 Å². The van der Waals surface area contributed by atoms with Crippen molar-refractivity contribution in [3.05, 3.63) is 22.7 Å². The van der Waals surface area contributed by atoms with Crippen LogP contribution in [-0.2, 0) is 13.8 Å². The van der Waals surface area contributed by atoms with E-state index in [1.165, 1.54) is 12.3 Å². The van der Waals surface area contributed by atoms with E-state index in [9.17, 15) is 19.6 Å². The van der Waals surface area contributed by atoms with E-state index < -0.39 is 44.7 Å². The Morgan fingerprint density at radius 3 is 2.67 bits per heavy atom. The summed E-state index contributed by atoms with van der Waals surface area (Å²) >= 11 is 0. The van der Waals surface area contributed by atoms with Gasteiger partial charge in [-0.25, -0.2) is 9.36 Å². The maximum atomic E-state index is 11.6. The van der Waals surface area contributed by atoms with Crippen molar-refractivity contribution in [2.45, 2.75) is 24.5 Å². The van der Waals surface area contributed by atoms with E-state index in [2.05, 4.69) is 9.51 Å². The maximum absolute atomic E-state index is 11.6. The summed E-state index contributed by atoms with van der Waals surface area (Å²) in [5.74, 6) is -0.0225. The highest BCUT2D eigenvalue weighted by Gasteiger charge is 2.44. The van der Waals surface area contributed by atoms with Gasteiger partial charge in [-0.1, -0.05) is 0 Å². The smallest absolute Gasteiger partial charge is 0.387 e. The molecule has 12 heteroatoms. The summed E-state index contributed by atoms with van der Waals surface area (Å²) in [5.41, 5.74) is 4.52. The van der Waals surface area contributed by atoms with Crippen LogP contribution in [0.2, 0.25) is 0 Å². The minimum atomic E-state index is -4.74. The monoisotopic (exact) mass is 332 g/mol. The van der Waals surface area contributed by atoms with Crippen LogP contribution in [0.3, 0.4) is 0 Å². The normalized spacial score (nSPS) is 29.7. The van der Waals surface area contributed by atoms with Crippen molar-refractivity contribution in [3.63, 3.8) is 0 Å². The number of hydrogen-bond donors (Lipinski definition) is 5. The highest BCUT2D eigenvalue weighted by molar-refractivity contribution is 7.46. The van der Waals surface area contributed by atoms with Crippen molar-refractivity contribution in [1.82, 2.24) is 9.55 Å². The number of nitrogens with zero attached hydrogens (tertiary/aromatic N) is 2. The van der Waals surface area contributed by atoms with E-state index in [0.717, 1.165) is 4.57 Å². The first-order valence-electron chi connectivity index (χ1n) is 5.75. The molecule has 1 aliphatic heterocycles. The second kappa shape index (κ2) is 5.81. The van der Waals surface area contributed by atoms with Crippen molar-refractivity contribution in [2.75, 3.05) is 12.3 Å². The third-order valence-corrected chi connectivity index (χ3v) is 3.36. The van der Waals surface area contributed by atoms with Gasteiger partial charge in [-0.05, 0) is 6.07 Å². The summed E-state index contributed by atoms with van der Waals surface area (Å²) in [7, 11) is -4.74. The Balaban J connectivity index is 2.16. The summed E-state index contributed by atoms with van der Waals surface area (Å²) in [6, 6.07) is 1.29. The van der Waals surface area contributed by atoms with Crippen LogP contribution in [0.15, 0.2) is 17.1 Å². The number of ether oxygens (including phenoxy) is 1. The Morgan fingerprint density at radius 1 is 1.43 bits per heavy atom. The number of rotatable bonds is 4. The van der Waals surface area contributed by atoms with Gasteiger partial charge in [0.05, 0.1) is 6.61 Å². The van der Waals surface area contributed by atoms with Crippen molar-refractivity contribution in [2.24, 2.45) is 0 Å². The highest BCUT2D eigenvalue weighted by atomic mass is 31.2. The Hall–Kier alpha value is -1.33. The molecule has 118 valence electrons. The molecular formula is C9H14N3O8P. The molecule has 21 heavy (non-hydrogen) atoms. The average Bonchev–Trinajstić information content (AvgIpc) is 2.64. The Morgan fingerprint density at radius 2 is 2.10 bits per heavy atom. The van der Waals surface area contributed by atoms with Crippen LogP contribution in [0.1, 0.15) is 6.23 Å². The van der Waals surface area contributed by atoms with Gasteiger partial charge in [-0.15, -0.1) is 0 Å². The lowest BCUT2D eigenvalue weighted by atomic mass is 11.1. The van der Waals surface area contributed by atoms with Gasteiger partial charge in [-0.3, -0.25) is 9.09 Å². The average molecular weight is 332 g/mol. The van der Waals surface area contributed by atoms with E-state index in [1.54, 1.807) is 0 Å². The molecule has 0 amide bonds. The third-order valence-electron chi connectivity index (χ3n) is 2.87. The molecule has 0 saturated carbocycles. The van der Waals surface area contributed by atoms with Gasteiger partial charge < -0.3 is 30.5 Å². The van der Waals surface area contributed by atoms with E-state index in [0.29, 0.717) is 0 Å². The van der Waals surface area contributed by atoms with Crippen LogP contribution >= 0.6 is 7.82 Å². The molecule has 0 bridgehead atoms. The maximum Gasteiger partial charge on any atom is 0.469 e. The van der Waals surface area contributed by atoms with Crippen LogP contribution < -0.4 is 11.4 Å². The van der Waals surface area contributed by atoms with Crippen molar-refractivity contribution in [3.8, 4) is 0 Å². The number of phosphoric acid groups is 1. The van der Waals surface area contributed by atoms with Gasteiger partial charge in [0.15, 0.2) is 6.23 Å². The molecule has 1 saturated heterocycles. The molecule has 4 atom stereocenters. The topological polar surface area (TPSA) is 177 Å². The molecule has 0 radical (unpaired) electrons. The Labute approximate surface area is 117 Å². The van der Waals surface area contributed by atoms with Crippen LogP contribution in [0.5, 0.6) is 0 Å². The molecule has 1 unspecified atom stereocenters. The number of aliphatic hydroxyl groups is 2. The van der Waals surface area contributed by atoms with Crippen LogP contribution in [0, 0.1) is 0 Å². The fraction of sp³-hybridized carbons (Fsp3) is 0.556. The van der Waals surface area contributed by atoms with Gasteiger partial charge in [0, 0.05) is 6.20 Å². The number of aliphatic hydroxyl groups excluding tert-OH is 2. The fourth-order valence-electron chi connectivity index (χ4n) is 1.89. The molecule has 1 aromatic rings. The van der Waals surface area contributed by atoms with E-state index in [4.69, 9.17) is 20.3 Å². The van der Waals surface area contributed by atoms with Gasteiger partial charge in [-0.2, -0.15) is 4.98 Å². The van der Waals surface area contributed by atoms with E-state index in [1.807, 2.05) is 0 Å². The molecule has 11 nitrogen and oxygen atoms in total. The summed E-state index contributed by atoms with van der Waals surface area (Å²) in [6.07, 6.45) is -4.27. The summed E-state index contributed by atoms with van der Waals surface area (Å²) in [5, 5.41) is 19.6. The van der Waals surface area contributed by atoms with Crippen molar-refractivity contribution in [1.29, 1.82) is 0 Å². The second-order valence-corrected chi connectivity index (χ2v) is 5.61. The summed E-state index contributed by atoms with van der Waals surface area (Å²) < 4.78 is 20.9. The van der Waals surface area contributed by atoms with Crippen LogP contribution in [0.25, 0.3) is 0 Å². The summed E-state index contributed by atoms with van der Waals surface area (Å²) in [4.78, 5) is 32.3. The molecule has 1 fully saturated rings. The Bertz CT molecular complexity index is 615. The number of anilines is 1. The molecule has 0 spiro atoms. The first-order chi connectivity index (χ1) is 9.69. The van der Waals surface area contributed by atoms with Crippen LogP contribution in [-0.4, -0.2) is 54.5 Å². The van der Waals surface area contributed by atoms with E-state index >= 15 is 0 Å². The fourth-order valence-corrected chi connectivity index (χ4v) is 2.23. The molecule has 6 N–H and O–H groups in total. The quantitative estimate of drug-likeness (QED) is 0.294. The number of nitrogen functional groups attached to an aromatic ring is 1.